The van der Waals surface area contributed by atoms with Gasteiger partial charge in [-0.25, -0.2) is 0 Å². The highest BCUT2D eigenvalue weighted by atomic mass is 15.1. The van der Waals surface area contributed by atoms with E-state index in [0.717, 1.165) is 32.5 Å². The van der Waals surface area contributed by atoms with Crippen molar-refractivity contribution in [2.24, 2.45) is 17.6 Å². The summed E-state index contributed by atoms with van der Waals surface area (Å²) in [5.74, 6) is 1.27. The molecule has 0 heterocycles. The molecule has 0 saturated heterocycles. The van der Waals surface area contributed by atoms with Gasteiger partial charge in [0.15, 0.2) is 0 Å². The van der Waals surface area contributed by atoms with Crippen LogP contribution in [-0.4, -0.2) is 31.6 Å². The van der Waals surface area contributed by atoms with Crippen molar-refractivity contribution in [1.82, 2.24) is 4.90 Å². The summed E-state index contributed by atoms with van der Waals surface area (Å²) in [6.45, 7) is 9.70. The molecule has 0 amide bonds. The first-order chi connectivity index (χ1) is 9.06. The molecule has 0 aliphatic carbocycles. The third kappa shape index (κ3) is 5.75. The van der Waals surface area contributed by atoms with E-state index >= 15 is 0 Å². The van der Waals surface area contributed by atoms with Crippen LogP contribution in [0.4, 0.5) is 0 Å². The molecule has 0 radical (unpaired) electrons. The normalized spacial score (nSPS) is 13.2. The molecule has 1 unspecified atom stereocenters. The first-order valence-electron chi connectivity index (χ1n) is 7.53. The molecule has 1 aromatic rings. The lowest BCUT2D eigenvalue weighted by Gasteiger charge is -2.25. The van der Waals surface area contributed by atoms with Crippen molar-refractivity contribution in [3.8, 4) is 0 Å². The molecule has 2 nitrogen and oxygen atoms in total. The van der Waals surface area contributed by atoms with Crippen LogP contribution in [0.2, 0.25) is 0 Å². The standard InChI is InChI=1S/C17H30N2/c1-5-15-6-8-16(9-7-15)10-11-19(4)13-17(12-18)14(2)3/h6-9,14,17H,5,10-13,18H2,1-4H3. The predicted molar refractivity (Wildman–Crippen MR) is 84.4 cm³/mol. The number of likely N-dealkylation sites (N-methyl/N-ethyl adjacent to an activating group) is 1. The van der Waals surface area contributed by atoms with Crippen molar-refractivity contribution in [1.29, 1.82) is 0 Å². The van der Waals surface area contributed by atoms with E-state index in [4.69, 9.17) is 5.73 Å². The molecule has 0 aliphatic rings. The second kappa shape index (κ2) is 8.34. The molecule has 1 atom stereocenters. The first kappa shape index (κ1) is 16.2. The molecule has 2 N–H and O–H groups in total. The Bertz CT molecular complexity index is 343. The van der Waals surface area contributed by atoms with E-state index in [-0.39, 0.29) is 0 Å². The van der Waals surface area contributed by atoms with Crippen LogP contribution in [0.3, 0.4) is 0 Å². The molecule has 0 aromatic heterocycles. The topological polar surface area (TPSA) is 29.3 Å². The number of hydrogen-bond donors (Lipinski definition) is 1. The van der Waals surface area contributed by atoms with E-state index < -0.39 is 0 Å². The molecule has 0 fully saturated rings. The van der Waals surface area contributed by atoms with E-state index in [2.05, 4.69) is 57.0 Å². The van der Waals surface area contributed by atoms with Crippen LogP contribution in [-0.2, 0) is 12.8 Å². The van der Waals surface area contributed by atoms with Crippen LogP contribution in [0.15, 0.2) is 24.3 Å². The Kier molecular flexibility index (Phi) is 7.11. The molecule has 1 rings (SSSR count). The van der Waals surface area contributed by atoms with Gasteiger partial charge in [0, 0.05) is 13.1 Å². The number of rotatable bonds is 8. The summed E-state index contributed by atoms with van der Waals surface area (Å²) in [5, 5.41) is 0. The van der Waals surface area contributed by atoms with Crippen molar-refractivity contribution >= 4 is 0 Å². The van der Waals surface area contributed by atoms with E-state index in [1.807, 2.05) is 0 Å². The van der Waals surface area contributed by atoms with Crippen LogP contribution in [0.5, 0.6) is 0 Å². The van der Waals surface area contributed by atoms with Crippen molar-refractivity contribution in [2.45, 2.75) is 33.6 Å². The van der Waals surface area contributed by atoms with Gasteiger partial charge in [0.2, 0.25) is 0 Å². The van der Waals surface area contributed by atoms with Crippen molar-refractivity contribution in [3.63, 3.8) is 0 Å². The minimum atomic E-state index is 0.604. The van der Waals surface area contributed by atoms with Crippen LogP contribution in [0, 0.1) is 11.8 Å². The molecular formula is C17H30N2. The Labute approximate surface area is 119 Å². The van der Waals surface area contributed by atoms with Gasteiger partial charge in [-0.15, -0.1) is 0 Å². The monoisotopic (exact) mass is 262 g/mol. The molecule has 2 heteroatoms. The van der Waals surface area contributed by atoms with E-state index in [1.165, 1.54) is 11.1 Å². The first-order valence-corrected chi connectivity index (χ1v) is 7.53. The summed E-state index contributed by atoms with van der Waals surface area (Å²) < 4.78 is 0. The molecule has 108 valence electrons. The predicted octanol–water partition coefficient (Wildman–Crippen LogP) is 2.95. The van der Waals surface area contributed by atoms with Crippen LogP contribution in [0.25, 0.3) is 0 Å². The summed E-state index contributed by atoms with van der Waals surface area (Å²) in [5.41, 5.74) is 8.68. The Balaban J connectivity index is 2.38. The molecule has 0 saturated carbocycles. The maximum atomic E-state index is 5.83. The van der Waals surface area contributed by atoms with Crippen LogP contribution in [0.1, 0.15) is 31.9 Å². The second-order valence-electron chi connectivity index (χ2n) is 5.92. The lowest BCUT2D eigenvalue weighted by molar-refractivity contribution is 0.242. The van der Waals surface area contributed by atoms with Gasteiger partial charge in [0.1, 0.15) is 0 Å². The summed E-state index contributed by atoms with van der Waals surface area (Å²) >= 11 is 0. The van der Waals surface area contributed by atoms with Gasteiger partial charge in [0.25, 0.3) is 0 Å². The third-order valence-corrected chi connectivity index (χ3v) is 4.01. The van der Waals surface area contributed by atoms with Gasteiger partial charge in [0.05, 0.1) is 0 Å². The van der Waals surface area contributed by atoms with Gasteiger partial charge in [-0.3, -0.25) is 0 Å². The fourth-order valence-electron chi connectivity index (χ4n) is 2.31. The highest BCUT2D eigenvalue weighted by Crippen LogP contribution is 2.11. The number of hydrogen-bond acceptors (Lipinski definition) is 2. The number of nitrogens with two attached hydrogens (primary N) is 1. The molecule has 1 aromatic carbocycles. The summed E-state index contributed by atoms with van der Waals surface area (Å²) in [4.78, 5) is 2.41. The van der Waals surface area contributed by atoms with Crippen LogP contribution < -0.4 is 5.73 Å². The van der Waals surface area contributed by atoms with Crippen LogP contribution >= 0.6 is 0 Å². The van der Waals surface area contributed by atoms with Crippen molar-refractivity contribution < 1.29 is 0 Å². The third-order valence-electron chi connectivity index (χ3n) is 4.01. The largest absolute Gasteiger partial charge is 0.330 e. The summed E-state index contributed by atoms with van der Waals surface area (Å²) in [7, 11) is 2.20. The lowest BCUT2D eigenvalue weighted by atomic mass is 9.95. The van der Waals surface area contributed by atoms with Gasteiger partial charge in [-0.1, -0.05) is 45.0 Å². The minimum absolute atomic E-state index is 0.604. The van der Waals surface area contributed by atoms with E-state index in [9.17, 15) is 0 Å². The van der Waals surface area contributed by atoms with Gasteiger partial charge >= 0.3 is 0 Å². The highest BCUT2D eigenvalue weighted by molar-refractivity contribution is 5.22. The van der Waals surface area contributed by atoms with Crippen molar-refractivity contribution in [3.05, 3.63) is 35.4 Å². The average molecular weight is 262 g/mol. The maximum Gasteiger partial charge on any atom is 0.00212 e. The molecular weight excluding hydrogens is 232 g/mol. The van der Waals surface area contributed by atoms with Gasteiger partial charge < -0.3 is 10.6 Å². The highest BCUT2D eigenvalue weighted by Gasteiger charge is 2.13. The zero-order valence-electron chi connectivity index (χ0n) is 13.0. The Morgan fingerprint density at radius 1 is 1.11 bits per heavy atom. The quantitative estimate of drug-likeness (QED) is 0.780. The average Bonchev–Trinajstić information content (AvgIpc) is 2.42. The fourth-order valence-corrected chi connectivity index (χ4v) is 2.31. The van der Waals surface area contributed by atoms with E-state index in [1.54, 1.807) is 0 Å². The fraction of sp³-hybridized carbons (Fsp3) is 0.647. The van der Waals surface area contributed by atoms with E-state index in [0.29, 0.717) is 11.8 Å². The molecule has 0 bridgehead atoms. The van der Waals surface area contributed by atoms with Gasteiger partial charge in [-0.05, 0) is 49.4 Å². The number of benzene rings is 1. The summed E-state index contributed by atoms with van der Waals surface area (Å²) in [6, 6.07) is 9.00. The lowest BCUT2D eigenvalue weighted by Crippen LogP contribution is -2.34. The zero-order chi connectivity index (χ0) is 14.3. The zero-order valence-corrected chi connectivity index (χ0v) is 13.0. The molecule has 0 spiro atoms. The maximum absolute atomic E-state index is 5.83. The molecule has 0 aliphatic heterocycles. The second-order valence-corrected chi connectivity index (χ2v) is 5.92. The Morgan fingerprint density at radius 3 is 2.16 bits per heavy atom. The Morgan fingerprint density at radius 2 is 1.68 bits per heavy atom. The number of nitrogens with zero attached hydrogens (tertiary/aromatic N) is 1. The number of aryl methyl sites for hydroxylation is 1. The van der Waals surface area contributed by atoms with Gasteiger partial charge in [-0.2, -0.15) is 0 Å². The van der Waals surface area contributed by atoms with Crippen molar-refractivity contribution in [2.75, 3.05) is 26.7 Å². The Hall–Kier alpha value is -0.860. The SMILES string of the molecule is CCc1ccc(CCN(C)CC(CN)C(C)C)cc1. The minimum Gasteiger partial charge on any atom is -0.330 e. The summed E-state index contributed by atoms with van der Waals surface area (Å²) in [6.07, 6.45) is 2.24. The smallest absolute Gasteiger partial charge is 0.00212 e. The molecule has 19 heavy (non-hydrogen) atoms.